The van der Waals surface area contributed by atoms with Gasteiger partial charge in [-0.05, 0) is 30.7 Å². The summed E-state index contributed by atoms with van der Waals surface area (Å²) >= 11 is 3.55. The van der Waals surface area contributed by atoms with Crippen molar-refractivity contribution >= 4 is 15.9 Å². The van der Waals surface area contributed by atoms with Crippen molar-refractivity contribution in [1.82, 2.24) is 5.32 Å². The lowest BCUT2D eigenvalue weighted by molar-refractivity contribution is 0.0920. The monoisotopic (exact) mass is 331 g/mol. The molecule has 0 aliphatic heterocycles. The fraction of sp³-hybridized carbons (Fsp3) is 0.571. The van der Waals surface area contributed by atoms with E-state index in [-0.39, 0.29) is 6.10 Å². The molecule has 1 aromatic carbocycles. The Kier molecular flexibility index (Phi) is 8.05. The normalized spacial score (nSPS) is 12.4. The number of nitrogens with one attached hydrogen (secondary N) is 1. The summed E-state index contributed by atoms with van der Waals surface area (Å²) in [6.45, 7) is 4.88. The first-order chi connectivity index (χ1) is 9.17. The van der Waals surface area contributed by atoms with Crippen LogP contribution in [0.1, 0.15) is 12.5 Å². The second-order valence-corrected chi connectivity index (χ2v) is 5.16. The third-order valence-corrected chi connectivity index (χ3v) is 3.33. The van der Waals surface area contributed by atoms with E-state index in [1.54, 1.807) is 14.2 Å². The van der Waals surface area contributed by atoms with Gasteiger partial charge in [0.15, 0.2) is 0 Å². The van der Waals surface area contributed by atoms with E-state index in [0.29, 0.717) is 13.2 Å². The fourth-order valence-corrected chi connectivity index (χ4v) is 2.05. The molecule has 0 spiro atoms. The Labute approximate surface area is 123 Å². The number of halogens is 1. The first-order valence-corrected chi connectivity index (χ1v) is 7.10. The maximum absolute atomic E-state index is 5.78. The topological polar surface area (TPSA) is 39.7 Å². The Morgan fingerprint density at radius 3 is 2.74 bits per heavy atom. The first-order valence-electron chi connectivity index (χ1n) is 6.31. The molecule has 0 radical (unpaired) electrons. The number of hydrogen-bond acceptors (Lipinski definition) is 4. The minimum absolute atomic E-state index is 0.0421. The van der Waals surface area contributed by atoms with E-state index in [9.17, 15) is 0 Å². The van der Waals surface area contributed by atoms with Crippen LogP contribution >= 0.6 is 15.9 Å². The Balaban J connectivity index is 2.55. The van der Waals surface area contributed by atoms with Gasteiger partial charge in [-0.25, -0.2) is 0 Å². The lowest BCUT2D eigenvalue weighted by atomic mass is 10.2. The zero-order chi connectivity index (χ0) is 14.1. The summed E-state index contributed by atoms with van der Waals surface area (Å²) in [4.78, 5) is 0. The van der Waals surface area contributed by atoms with Crippen LogP contribution in [0, 0.1) is 0 Å². The van der Waals surface area contributed by atoms with Crippen LogP contribution in [-0.4, -0.2) is 40.1 Å². The maximum atomic E-state index is 5.78. The number of benzene rings is 1. The largest absolute Gasteiger partial charge is 0.488 e. The van der Waals surface area contributed by atoms with Gasteiger partial charge in [0.2, 0.25) is 0 Å². The molecule has 1 rings (SSSR count). The highest BCUT2D eigenvalue weighted by Crippen LogP contribution is 2.23. The van der Waals surface area contributed by atoms with Crippen LogP contribution in [0.2, 0.25) is 0 Å². The van der Waals surface area contributed by atoms with E-state index in [0.717, 1.165) is 23.3 Å². The highest BCUT2D eigenvalue weighted by atomic mass is 79.9. The van der Waals surface area contributed by atoms with Crippen molar-refractivity contribution in [2.24, 2.45) is 0 Å². The number of rotatable bonds is 9. The summed E-state index contributed by atoms with van der Waals surface area (Å²) in [5.74, 6) is 0.858. The third kappa shape index (κ3) is 6.38. The van der Waals surface area contributed by atoms with Crippen LogP contribution < -0.4 is 10.1 Å². The minimum Gasteiger partial charge on any atom is -0.488 e. The molecule has 0 bridgehead atoms. The summed E-state index contributed by atoms with van der Waals surface area (Å²) < 4.78 is 16.9. The molecule has 0 fully saturated rings. The SMILES string of the molecule is COCCNCc1cc(OC(C)COC)ccc1Br. The van der Waals surface area contributed by atoms with Crippen molar-refractivity contribution < 1.29 is 14.2 Å². The van der Waals surface area contributed by atoms with Crippen LogP contribution in [0.15, 0.2) is 22.7 Å². The Hall–Kier alpha value is -0.620. The molecular formula is C14H22BrNO3. The van der Waals surface area contributed by atoms with Gasteiger partial charge in [-0.1, -0.05) is 15.9 Å². The standard InChI is InChI=1S/C14H22BrNO3/c1-11(10-18-3)19-13-4-5-14(15)12(8-13)9-16-6-7-17-2/h4-5,8,11,16H,6-7,9-10H2,1-3H3. The molecular weight excluding hydrogens is 310 g/mol. The molecule has 0 saturated carbocycles. The Morgan fingerprint density at radius 1 is 1.26 bits per heavy atom. The van der Waals surface area contributed by atoms with E-state index in [4.69, 9.17) is 14.2 Å². The molecule has 0 aromatic heterocycles. The summed E-state index contributed by atoms with van der Waals surface area (Å²) in [5.41, 5.74) is 1.17. The van der Waals surface area contributed by atoms with Gasteiger partial charge in [0, 0.05) is 31.8 Å². The predicted octanol–water partition coefficient (Wildman–Crippen LogP) is 2.60. The van der Waals surface area contributed by atoms with Gasteiger partial charge in [0.05, 0.1) is 13.2 Å². The summed E-state index contributed by atoms with van der Waals surface area (Å²) in [6, 6.07) is 5.99. The molecule has 1 N–H and O–H groups in total. The Bertz CT molecular complexity index is 374. The van der Waals surface area contributed by atoms with Gasteiger partial charge in [0.1, 0.15) is 11.9 Å². The molecule has 0 amide bonds. The molecule has 4 nitrogen and oxygen atoms in total. The van der Waals surface area contributed by atoms with Crippen LogP contribution in [0.3, 0.4) is 0 Å². The van der Waals surface area contributed by atoms with E-state index in [1.165, 1.54) is 5.56 Å². The highest BCUT2D eigenvalue weighted by molar-refractivity contribution is 9.10. The second-order valence-electron chi connectivity index (χ2n) is 4.31. The molecule has 0 aliphatic rings. The zero-order valence-corrected chi connectivity index (χ0v) is 13.3. The second kappa shape index (κ2) is 9.31. The lowest BCUT2D eigenvalue weighted by Gasteiger charge is -2.15. The van der Waals surface area contributed by atoms with Crippen molar-refractivity contribution in [3.05, 3.63) is 28.2 Å². The highest BCUT2D eigenvalue weighted by Gasteiger charge is 2.06. The third-order valence-electron chi connectivity index (χ3n) is 2.55. The fourth-order valence-electron chi connectivity index (χ4n) is 1.66. The summed E-state index contributed by atoms with van der Waals surface area (Å²) in [7, 11) is 3.37. The molecule has 1 atom stereocenters. The molecule has 0 aliphatic carbocycles. The number of methoxy groups -OCH3 is 2. The van der Waals surface area contributed by atoms with E-state index >= 15 is 0 Å². The van der Waals surface area contributed by atoms with E-state index in [2.05, 4.69) is 21.2 Å². The van der Waals surface area contributed by atoms with Crippen molar-refractivity contribution in [3.8, 4) is 5.75 Å². The van der Waals surface area contributed by atoms with Crippen molar-refractivity contribution in [2.75, 3.05) is 34.0 Å². The van der Waals surface area contributed by atoms with Gasteiger partial charge in [-0.2, -0.15) is 0 Å². The number of hydrogen-bond donors (Lipinski definition) is 1. The maximum Gasteiger partial charge on any atom is 0.120 e. The summed E-state index contributed by atoms with van der Waals surface area (Å²) in [6.07, 6.45) is 0.0421. The molecule has 0 saturated heterocycles. The van der Waals surface area contributed by atoms with Gasteiger partial charge >= 0.3 is 0 Å². The van der Waals surface area contributed by atoms with Crippen LogP contribution in [0.4, 0.5) is 0 Å². The van der Waals surface area contributed by atoms with Crippen molar-refractivity contribution in [3.63, 3.8) is 0 Å². The van der Waals surface area contributed by atoms with E-state index in [1.807, 2.05) is 25.1 Å². The molecule has 108 valence electrons. The molecule has 1 aromatic rings. The van der Waals surface area contributed by atoms with Gasteiger partial charge in [0.25, 0.3) is 0 Å². The lowest BCUT2D eigenvalue weighted by Crippen LogP contribution is -2.20. The van der Waals surface area contributed by atoms with Crippen LogP contribution in [0.5, 0.6) is 5.75 Å². The molecule has 19 heavy (non-hydrogen) atoms. The average Bonchev–Trinajstić information content (AvgIpc) is 2.38. The minimum atomic E-state index is 0.0421. The molecule has 5 heteroatoms. The Morgan fingerprint density at radius 2 is 2.05 bits per heavy atom. The quantitative estimate of drug-likeness (QED) is 0.706. The molecule has 0 heterocycles. The zero-order valence-electron chi connectivity index (χ0n) is 11.7. The van der Waals surface area contributed by atoms with Crippen molar-refractivity contribution in [1.29, 1.82) is 0 Å². The summed E-state index contributed by atoms with van der Waals surface area (Å²) in [5, 5.41) is 3.31. The average molecular weight is 332 g/mol. The molecule has 1 unspecified atom stereocenters. The predicted molar refractivity (Wildman–Crippen MR) is 79.7 cm³/mol. The van der Waals surface area contributed by atoms with Crippen LogP contribution in [0.25, 0.3) is 0 Å². The van der Waals surface area contributed by atoms with Gasteiger partial charge in [-0.15, -0.1) is 0 Å². The van der Waals surface area contributed by atoms with Crippen LogP contribution in [-0.2, 0) is 16.0 Å². The first kappa shape index (κ1) is 16.4. The van der Waals surface area contributed by atoms with Gasteiger partial charge < -0.3 is 19.5 Å². The number of ether oxygens (including phenoxy) is 3. The smallest absolute Gasteiger partial charge is 0.120 e. The van der Waals surface area contributed by atoms with Crippen molar-refractivity contribution in [2.45, 2.75) is 19.6 Å². The van der Waals surface area contributed by atoms with Gasteiger partial charge in [-0.3, -0.25) is 0 Å². The van der Waals surface area contributed by atoms with E-state index < -0.39 is 0 Å².